The first-order chi connectivity index (χ1) is 11.0. The normalized spacial score (nSPS) is 19.0. The van der Waals surface area contributed by atoms with Crippen molar-refractivity contribution in [1.29, 1.82) is 0 Å². The van der Waals surface area contributed by atoms with Crippen LogP contribution in [0.25, 0.3) is 10.8 Å². The highest BCUT2D eigenvalue weighted by molar-refractivity contribution is 7.61. The summed E-state index contributed by atoms with van der Waals surface area (Å²) in [5.74, 6) is 0. The van der Waals surface area contributed by atoms with E-state index in [0.717, 1.165) is 29.5 Å². The van der Waals surface area contributed by atoms with Crippen molar-refractivity contribution < 1.29 is 14.0 Å². The Hall–Kier alpha value is -1.35. The molecule has 0 saturated carbocycles. The summed E-state index contributed by atoms with van der Waals surface area (Å²) in [4.78, 5) is 12.8. The van der Waals surface area contributed by atoms with E-state index in [1.54, 1.807) is 6.07 Å². The van der Waals surface area contributed by atoms with Gasteiger partial charge in [-0.15, -0.1) is 0 Å². The van der Waals surface area contributed by atoms with Crippen LogP contribution in [0.3, 0.4) is 0 Å². The SMILES string of the molecule is CCC(C)OP(=O)(O)c1ccc(N2CCCC2)c2ccccc12. The second-order valence-corrected chi connectivity index (χ2v) is 7.92. The second kappa shape index (κ2) is 6.64. The van der Waals surface area contributed by atoms with E-state index in [1.165, 1.54) is 12.8 Å². The van der Waals surface area contributed by atoms with E-state index in [-0.39, 0.29) is 6.10 Å². The van der Waals surface area contributed by atoms with Crippen LogP contribution in [0.4, 0.5) is 5.69 Å². The van der Waals surface area contributed by atoms with Gasteiger partial charge < -0.3 is 14.3 Å². The van der Waals surface area contributed by atoms with E-state index in [0.29, 0.717) is 11.7 Å². The molecule has 5 heteroatoms. The highest BCUT2D eigenvalue weighted by atomic mass is 31.2. The van der Waals surface area contributed by atoms with Gasteiger partial charge in [0.15, 0.2) is 0 Å². The minimum Gasteiger partial charge on any atom is -0.371 e. The molecule has 2 atom stereocenters. The highest BCUT2D eigenvalue weighted by Gasteiger charge is 2.28. The molecule has 23 heavy (non-hydrogen) atoms. The maximum Gasteiger partial charge on any atom is 0.359 e. The van der Waals surface area contributed by atoms with Gasteiger partial charge in [0.25, 0.3) is 0 Å². The minimum absolute atomic E-state index is 0.247. The Labute approximate surface area is 137 Å². The van der Waals surface area contributed by atoms with E-state index in [2.05, 4.69) is 4.90 Å². The van der Waals surface area contributed by atoms with Crippen LogP contribution < -0.4 is 10.2 Å². The first kappa shape index (κ1) is 16.5. The lowest BCUT2D eigenvalue weighted by Crippen LogP contribution is -2.20. The number of fused-ring (bicyclic) bond motifs is 1. The molecule has 0 aliphatic carbocycles. The average Bonchev–Trinajstić information content (AvgIpc) is 3.07. The van der Waals surface area contributed by atoms with E-state index in [9.17, 15) is 9.46 Å². The molecule has 1 aliphatic rings. The number of rotatable bonds is 5. The van der Waals surface area contributed by atoms with Crippen LogP contribution in [-0.2, 0) is 9.09 Å². The molecule has 3 rings (SSSR count). The molecule has 0 radical (unpaired) electrons. The Morgan fingerprint density at radius 2 is 1.83 bits per heavy atom. The summed E-state index contributed by atoms with van der Waals surface area (Å²) in [7, 11) is -3.83. The highest BCUT2D eigenvalue weighted by Crippen LogP contribution is 2.45. The summed E-state index contributed by atoms with van der Waals surface area (Å²) in [5.41, 5.74) is 1.14. The van der Waals surface area contributed by atoms with Gasteiger partial charge in [-0.2, -0.15) is 0 Å². The maximum atomic E-state index is 12.8. The number of anilines is 1. The fourth-order valence-corrected chi connectivity index (χ4v) is 4.64. The molecule has 2 unspecified atom stereocenters. The Bertz CT molecular complexity index is 740. The largest absolute Gasteiger partial charge is 0.371 e. The molecule has 1 heterocycles. The molecule has 0 aromatic heterocycles. The van der Waals surface area contributed by atoms with Gasteiger partial charge in [0.05, 0.1) is 11.4 Å². The van der Waals surface area contributed by atoms with Crippen molar-refractivity contribution >= 4 is 29.4 Å². The fraction of sp³-hybridized carbons (Fsp3) is 0.444. The quantitative estimate of drug-likeness (QED) is 0.838. The van der Waals surface area contributed by atoms with Gasteiger partial charge in [-0.05, 0) is 43.7 Å². The molecule has 124 valence electrons. The molecule has 2 aromatic carbocycles. The Morgan fingerprint density at radius 1 is 1.17 bits per heavy atom. The molecule has 1 aliphatic heterocycles. The van der Waals surface area contributed by atoms with Crippen LogP contribution in [0.2, 0.25) is 0 Å². The zero-order valence-corrected chi connectivity index (χ0v) is 14.6. The summed E-state index contributed by atoms with van der Waals surface area (Å²) in [6.07, 6.45) is 2.86. The summed E-state index contributed by atoms with van der Waals surface area (Å²) in [6, 6.07) is 11.5. The molecular weight excluding hydrogens is 309 g/mol. The summed E-state index contributed by atoms with van der Waals surface area (Å²) in [6.45, 7) is 5.86. The molecule has 1 N–H and O–H groups in total. The molecule has 0 bridgehead atoms. The van der Waals surface area contributed by atoms with Crippen molar-refractivity contribution in [3.63, 3.8) is 0 Å². The topological polar surface area (TPSA) is 49.8 Å². The van der Waals surface area contributed by atoms with E-state index in [4.69, 9.17) is 4.52 Å². The number of hydrogen-bond acceptors (Lipinski definition) is 3. The zero-order valence-electron chi connectivity index (χ0n) is 13.7. The fourth-order valence-electron chi connectivity index (χ4n) is 3.12. The van der Waals surface area contributed by atoms with E-state index < -0.39 is 7.60 Å². The lowest BCUT2D eigenvalue weighted by atomic mass is 10.1. The van der Waals surface area contributed by atoms with Crippen molar-refractivity contribution in [2.45, 2.75) is 39.2 Å². The lowest BCUT2D eigenvalue weighted by Gasteiger charge is -2.23. The lowest BCUT2D eigenvalue weighted by molar-refractivity contribution is 0.192. The molecule has 1 saturated heterocycles. The third-order valence-electron chi connectivity index (χ3n) is 4.53. The Morgan fingerprint density at radius 3 is 2.48 bits per heavy atom. The summed E-state index contributed by atoms with van der Waals surface area (Å²) < 4.78 is 18.2. The smallest absolute Gasteiger partial charge is 0.359 e. The van der Waals surface area contributed by atoms with Crippen LogP contribution in [0.1, 0.15) is 33.1 Å². The standard InChI is InChI=1S/C18H24NO3P/c1-3-14(2)22-23(20,21)18-11-10-17(19-12-6-7-13-19)15-8-4-5-9-16(15)18/h4-5,8-11,14H,3,6-7,12-13H2,1-2H3,(H,20,21). The maximum absolute atomic E-state index is 12.8. The molecule has 0 spiro atoms. The van der Waals surface area contributed by atoms with Crippen molar-refractivity contribution in [3.05, 3.63) is 36.4 Å². The minimum atomic E-state index is -3.83. The first-order valence-corrected chi connectivity index (χ1v) is 9.89. The van der Waals surface area contributed by atoms with Gasteiger partial charge in [-0.3, -0.25) is 4.57 Å². The monoisotopic (exact) mass is 333 g/mol. The van der Waals surface area contributed by atoms with Crippen LogP contribution in [-0.4, -0.2) is 24.1 Å². The van der Waals surface area contributed by atoms with Gasteiger partial charge in [0.1, 0.15) is 0 Å². The third-order valence-corrected chi connectivity index (χ3v) is 6.17. The van der Waals surface area contributed by atoms with Gasteiger partial charge >= 0.3 is 7.60 Å². The van der Waals surface area contributed by atoms with Crippen molar-refractivity contribution in [2.75, 3.05) is 18.0 Å². The number of hydrogen-bond donors (Lipinski definition) is 1. The molecule has 0 amide bonds. The predicted molar refractivity (Wildman–Crippen MR) is 95.7 cm³/mol. The molecule has 1 fully saturated rings. The summed E-state index contributed by atoms with van der Waals surface area (Å²) >= 11 is 0. The van der Waals surface area contributed by atoms with Crippen molar-refractivity contribution in [3.8, 4) is 0 Å². The van der Waals surface area contributed by atoms with Gasteiger partial charge in [-0.1, -0.05) is 31.2 Å². The zero-order chi connectivity index (χ0) is 16.4. The van der Waals surface area contributed by atoms with Gasteiger partial charge in [0, 0.05) is 24.2 Å². The Balaban J connectivity index is 2.09. The molecule has 2 aromatic rings. The number of benzene rings is 2. The van der Waals surface area contributed by atoms with Crippen LogP contribution >= 0.6 is 7.60 Å². The Kier molecular flexibility index (Phi) is 4.77. The predicted octanol–water partition coefficient (Wildman–Crippen LogP) is 4.07. The average molecular weight is 333 g/mol. The van der Waals surface area contributed by atoms with E-state index >= 15 is 0 Å². The summed E-state index contributed by atoms with van der Waals surface area (Å²) in [5, 5.41) is 2.23. The van der Waals surface area contributed by atoms with Crippen LogP contribution in [0.5, 0.6) is 0 Å². The third kappa shape index (κ3) is 3.30. The van der Waals surface area contributed by atoms with Crippen molar-refractivity contribution in [1.82, 2.24) is 0 Å². The van der Waals surface area contributed by atoms with E-state index in [1.807, 2.05) is 44.2 Å². The van der Waals surface area contributed by atoms with Crippen molar-refractivity contribution in [2.24, 2.45) is 0 Å². The molecule has 4 nitrogen and oxygen atoms in total. The van der Waals surface area contributed by atoms with Gasteiger partial charge in [-0.25, -0.2) is 0 Å². The number of nitrogens with zero attached hydrogens (tertiary/aromatic N) is 1. The second-order valence-electron chi connectivity index (χ2n) is 6.19. The molecular formula is C18H24NO3P. The van der Waals surface area contributed by atoms with Crippen LogP contribution in [0, 0.1) is 0 Å². The van der Waals surface area contributed by atoms with Crippen LogP contribution in [0.15, 0.2) is 36.4 Å². The van der Waals surface area contributed by atoms with Gasteiger partial charge in [0.2, 0.25) is 0 Å². The first-order valence-electron chi connectivity index (χ1n) is 8.31.